The van der Waals surface area contributed by atoms with E-state index in [1.807, 2.05) is 44.3 Å². The number of carbonyl (C=O) groups excluding carboxylic acids is 1. The van der Waals surface area contributed by atoms with Gasteiger partial charge in [0, 0.05) is 26.5 Å². The van der Waals surface area contributed by atoms with E-state index in [1.165, 1.54) is 5.01 Å². The summed E-state index contributed by atoms with van der Waals surface area (Å²) in [5.41, 5.74) is 3.84. The van der Waals surface area contributed by atoms with E-state index in [4.69, 9.17) is 0 Å². The average molecular weight is 232 g/mol. The molecule has 0 aliphatic carbocycles. The molecule has 1 aromatic rings. The number of carbonyl (C=O) groups is 1. The Kier molecular flexibility index (Phi) is 3.10. The molecule has 1 unspecified atom stereocenters. The summed E-state index contributed by atoms with van der Waals surface area (Å²) in [5, 5.41) is 1.49. The Morgan fingerprint density at radius 1 is 1.47 bits per heavy atom. The first-order valence-corrected chi connectivity index (χ1v) is 5.49. The number of hydrazine groups is 1. The van der Waals surface area contributed by atoms with E-state index in [0.29, 0.717) is 5.82 Å². The topological polar surface area (TPSA) is 48.5 Å². The van der Waals surface area contributed by atoms with Gasteiger partial charge in [-0.15, -0.1) is 0 Å². The monoisotopic (exact) mass is 232 g/mol. The average Bonchev–Trinajstić information content (AvgIpc) is 2.58. The van der Waals surface area contributed by atoms with Crippen molar-refractivity contribution in [2.24, 2.45) is 0 Å². The predicted molar refractivity (Wildman–Crippen MR) is 66.1 cm³/mol. The first-order chi connectivity index (χ1) is 8.09. The second-order valence-electron chi connectivity index (χ2n) is 4.23. The van der Waals surface area contributed by atoms with Gasteiger partial charge in [0.15, 0.2) is 0 Å². The molecule has 1 fully saturated rings. The van der Waals surface area contributed by atoms with Gasteiger partial charge in [0.25, 0.3) is 5.91 Å². The predicted octanol–water partition coefficient (Wildman–Crippen LogP) is 0.767. The van der Waals surface area contributed by atoms with E-state index >= 15 is 0 Å². The molecule has 5 heteroatoms. The van der Waals surface area contributed by atoms with Gasteiger partial charge in [0.1, 0.15) is 5.82 Å². The van der Waals surface area contributed by atoms with Crippen molar-refractivity contribution in [3.63, 3.8) is 0 Å². The number of amides is 1. The minimum Gasteiger partial charge on any atom is -0.383 e. The van der Waals surface area contributed by atoms with Gasteiger partial charge in [0.05, 0.1) is 11.6 Å². The second-order valence-corrected chi connectivity index (χ2v) is 4.23. The zero-order chi connectivity index (χ0) is 12.4. The Morgan fingerprint density at radius 3 is 2.82 bits per heavy atom. The largest absolute Gasteiger partial charge is 0.383 e. The molecule has 5 nitrogen and oxygen atoms in total. The number of nitrogens with zero attached hydrogens (tertiary/aromatic N) is 3. The molecule has 1 aliphatic rings. The van der Waals surface area contributed by atoms with Gasteiger partial charge in [-0.2, -0.15) is 0 Å². The SMILES string of the molecule is CC1NN(c2ccccn2)C(=O)C1=CN(C)C. The van der Waals surface area contributed by atoms with Crippen LogP contribution in [0, 0.1) is 0 Å². The lowest BCUT2D eigenvalue weighted by Crippen LogP contribution is -2.37. The van der Waals surface area contributed by atoms with Crippen LogP contribution < -0.4 is 10.4 Å². The molecule has 1 atom stereocenters. The van der Waals surface area contributed by atoms with Crippen LogP contribution in [0.2, 0.25) is 0 Å². The van der Waals surface area contributed by atoms with Crippen molar-refractivity contribution < 1.29 is 4.79 Å². The van der Waals surface area contributed by atoms with Gasteiger partial charge < -0.3 is 4.90 Å². The second kappa shape index (κ2) is 4.55. The lowest BCUT2D eigenvalue weighted by molar-refractivity contribution is -0.114. The van der Waals surface area contributed by atoms with E-state index < -0.39 is 0 Å². The fourth-order valence-electron chi connectivity index (χ4n) is 1.74. The quantitative estimate of drug-likeness (QED) is 0.765. The molecule has 0 radical (unpaired) electrons. The van der Waals surface area contributed by atoms with Crippen molar-refractivity contribution >= 4 is 11.7 Å². The molecule has 2 rings (SSSR count). The Hall–Kier alpha value is -1.88. The Labute approximate surface area is 101 Å². The van der Waals surface area contributed by atoms with Crippen LogP contribution in [-0.4, -0.2) is 35.9 Å². The molecule has 1 amide bonds. The van der Waals surface area contributed by atoms with Gasteiger partial charge in [-0.3, -0.25) is 4.79 Å². The van der Waals surface area contributed by atoms with Crippen LogP contribution in [0.15, 0.2) is 36.2 Å². The van der Waals surface area contributed by atoms with E-state index in [0.717, 1.165) is 5.57 Å². The molecular weight excluding hydrogens is 216 g/mol. The van der Waals surface area contributed by atoms with Gasteiger partial charge in [-0.05, 0) is 19.1 Å². The van der Waals surface area contributed by atoms with Crippen LogP contribution in [0.1, 0.15) is 6.92 Å². The summed E-state index contributed by atoms with van der Waals surface area (Å²) in [6.07, 6.45) is 3.51. The molecular formula is C12H16N4O. The summed E-state index contributed by atoms with van der Waals surface area (Å²) >= 11 is 0. The molecule has 1 saturated heterocycles. The highest BCUT2D eigenvalue weighted by molar-refractivity contribution is 6.07. The minimum atomic E-state index is -0.0510. The highest BCUT2D eigenvalue weighted by Gasteiger charge is 2.33. The highest BCUT2D eigenvalue weighted by atomic mass is 16.2. The highest BCUT2D eigenvalue weighted by Crippen LogP contribution is 2.20. The molecule has 2 heterocycles. The third-order valence-corrected chi connectivity index (χ3v) is 2.51. The normalized spacial score (nSPS) is 22.3. The summed E-state index contributed by atoms with van der Waals surface area (Å²) in [6, 6.07) is 5.47. The van der Waals surface area contributed by atoms with Crippen LogP contribution in [0.5, 0.6) is 0 Å². The molecule has 0 saturated carbocycles. The Morgan fingerprint density at radius 2 is 2.24 bits per heavy atom. The standard InChI is InChI=1S/C12H16N4O/c1-9-10(8-15(2)3)12(17)16(14-9)11-6-4-5-7-13-11/h4-9,14H,1-3H3. The Bertz CT molecular complexity index is 441. The number of pyridine rings is 1. The van der Waals surface area contributed by atoms with E-state index in [9.17, 15) is 4.79 Å². The van der Waals surface area contributed by atoms with Crippen molar-refractivity contribution in [2.75, 3.05) is 19.1 Å². The van der Waals surface area contributed by atoms with Crippen LogP contribution in [0.25, 0.3) is 0 Å². The van der Waals surface area contributed by atoms with Crippen LogP contribution in [0.4, 0.5) is 5.82 Å². The maximum absolute atomic E-state index is 12.2. The first kappa shape index (κ1) is 11.6. The van der Waals surface area contributed by atoms with Gasteiger partial charge in [-0.1, -0.05) is 6.07 Å². The summed E-state index contributed by atoms with van der Waals surface area (Å²) in [4.78, 5) is 18.2. The fourth-order valence-corrected chi connectivity index (χ4v) is 1.74. The lowest BCUT2D eigenvalue weighted by Gasteiger charge is -2.14. The van der Waals surface area contributed by atoms with Crippen molar-refractivity contribution in [3.8, 4) is 0 Å². The number of hydrogen-bond donors (Lipinski definition) is 1. The molecule has 1 aromatic heterocycles. The van der Waals surface area contributed by atoms with E-state index in [1.54, 1.807) is 12.3 Å². The van der Waals surface area contributed by atoms with Gasteiger partial charge in [-0.25, -0.2) is 15.4 Å². The molecule has 0 spiro atoms. The smallest absolute Gasteiger partial charge is 0.273 e. The number of rotatable bonds is 2. The minimum absolute atomic E-state index is 0.00749. The van der Waals surface area contributed by atoms with Crippen molar-refractivity contribution in [3.05, 3.63) is 36.2 Å². The summed E-state index contributed by atoms with van der Waals surface area (Å²) < 4.78 is 0. The third kappa shape index (κ3) is 2.29. The van der Waals surface area contributed by atoms with E-state index in [2.05, 4.69) is 10.4 Å². The molecule has 90 valence electrons. The number of hydrogen-bond acceptors (Lipinski definition) is 4. The number of anilines is 1. The van der Waals surface area contributed by atoms with Crippen LogP contribution in [0.3, 0.4) is 0 Å². The first-order valence-electron chi connectivity index (χ1n) is 5.49. The summed E-state index contributed by atoms with van der Waals surface area (Å²) in [5.74, 6) is 0.566. The van der Waals surface area contributed by atoms with Gasteiger partial charge >= 0.3 is 0 Å². The number of aromatic nitrogens is 1. The fraction of sp³-hybridized carbons (Fsp3) is 0.333. The van der Waals surface area contributed by atoms with E-state index in [-0.39, 0.29) is 11.9 Å². The maximum Gasteiger partial charge on any atom is 0.273 e. The number of nitrogens with one attached hydrogen (secondary N) is 1. The molecule has 1 aliphatic heterocycles. The molecule has 0 bridgehead atoms. The zero-order valence-corrected chi connectivity index (χ0v) is 10.2. The third-order valence-electron chi connectivity index (χ3n) is 2.51. The van der Waals surface area contributed by atoms with Crippen LogP contribution in [-0.2, 0) is 4.79 Å². The summed E-state index contributed by atoms with van der Waals surface area (Å²) in [6.45, 7) is 1.95. The van der Waals surface area contributed by atoms with Crippen molar-refractivity contribution in [1.82, 2.24) is 15.3 Å². The maximum atomic E-state index is 12.2. The van der Waals surface area contributed by atoms with Crippen molar-refractivity contribution in [1.29, 1.82) is 0 Å². The Balaban J connectivity index is 2.28. The molecule has 0 aromatic carbocycles. The zero-order valence-electron chi connectivity index (χ0n) is 10.2. The summed E-state index contributed by atoms with van der Waals surface area (Å²) in [7, 11) is 3.80. The lowest BCUT2D eigenvalue weighted by atomic mass is 10.1. The van der Waals surface area contributed by atoms with Crippen molar-refractivity contribution in [2.45, 2.75) is 13.0 Å². The molecule has 1 N–H and O–H groups in total. The van der Waals surface area contributed by atoms with Gasteiger partial charge in [0.2, 0.25) is 0 Å². The molecule has 17 heavy (non-hydrogen) atoms. The van der Waals surface area contributed by atoms with Crippen LogP contribution >= 0.6 is 0 Å².